The van der Waals surface area contributed by atoms with Gasteiger partial charge in [0.25, 0.3) is 0 Å². The zero-order valence-electron chi connectivity index (χ0n) is 24.5. The SMILES string of the molecule is C=C(NC1C=CC=CC1)c1c2sc3c(-c4ccc5ccccc5c4)cccc3c2cc2c3ccccc3n(N)c12.C=CC=C. The second kappa shape index (κ2) is 11.4. The van der Waals surface area contributed by atoms with Gasteiger partial charge in [-0.3, -0.25) is 4.68 Å². The number of hydrogen-bond donors (Lipinski definition) is 2. The predicted octanol–water partition coefficient (Wildman–Crippen LogP) is 10.5. The van der Waals surface area contributed by atoms with Crippen LogP contribution >= 0.6 is 11.3 Å². The number of thiophene rings is 1. The van der Waals surface area contributed by atoms with Gasteiger partial charge in [0.1, 0.15) is 0 Å². The number of nitrogens with two attached hydrogens (primary N) is 1. The Bertz CT molecular complexity index is 2300. The standard InChI is InChI=1S/C36H27N3S.C4H6/c1-22(38-26-12-3-2-4-13-26)33-34-30(28-14-7-8-17-32(28)39(34)37)21-31-29-16-9-15-27(35(29)40-36(31)33)25-19-18-23-10-5-6-11-24(23)20-25;1-3-4-2/h2-12,14-21,26,38H,1,13,37H2;3-4H,1-2H2. The van der Waals surface area contributed by atoms with E-state index in [1.165, 1.54) is 42.1 Å². The molecule has 0 spiro atoms. The van der Waals surface area contributed by atoms with E-state index in [0.717, 1.165) is 39.5 Å². The minimum absolute atomic E-state index is 0.195. The highest BCUT2D eigenvalue weighted by Gasteiger charge is 2.22. The lowest BCUT2D eigenvalue weighted by Gasteiger charge is -2.20. The topological polar surface area (TPSA) is 43.0 Å². The van der Waals surface area contributed by atoms with Gasteiger partial charge in [0.05, 0.1) is 11.0 Å². The summed E-state index contributed by atoms with van der Waals surface area (Å²) < 4.78 is 4.33. The van der Waals surface area contributed by atoms with Crippen LogP contribution in [0.2, 0.25) is 0 Å². The first-order valence-corrected chi connectivity index (χ1v) is 15.6. The molecule has 0 aliphatic heterocycles. The van der Waals surface area contributed by atoms with E-state index >= 15 is 0 Å². The Morgan fingerprint density at radius 2 is 1.57 bits per heavy atom. The summed E-state index contributed by atoms with van der Waals surface area (Å²) in [6, 6.07) is 32.9. The van der Waals surface area contributed by atoms with Crippen molar-refractivity contribution in [2.75, 3.05) is 5.84 Å². The number of fused-ring (bicyclic) bond motifs is 7. The molecule has 1 aliphatic rings. The van der Waals surface area contributed by atoms with E-state index in [0.29, 0.717) is 0 Å². The summed E-state index contributed by atoms with van der Waals surface area (Å²) in [5.74, 6) is 6.83. The second-order valence-electron chi connectivity index (χ2n) is 11.0. The number of nitrogen functional groups attached to an aromatic ring is 1. The van der Waals surface area contributed by atoms with Gasteiger partial charge in [-0.05, 0) is 46.5 Å². The number of aromatic nitrogens is 1. The molecule has 1 atom stereocenters. The molecule has 7 aromatic rings. The van der Waals surface area contributed by atoms with Crippen LogP contribution in [0, 0.1) is 0 Å². The fourth-order valence-electron chi connectivity index (χ4n) is 6.26. The van der Waals surface area contributed by atoms with Crippen LogP contribution in [0.15, 0.2) is 147 Å². The molecule has 8 rings (SSSR count). The van der Waals surface area contributed by atoms with Gasteiger partial charge >= 0.3 is 0 Å². The van der Waals surface area contributed by atoms with Gasteiger partial charge in [-0.25, -0.2) is 0 Å². The predicted molar refractivity (Wildman–Crippen MR) is 195 cm³/mol. The lowest BCUT2D eigenvalue weighted by Crippen LogP contribution is -2.26. The van der Waals surface area contributed by atoms with Crippen LogP contribution in [0.25, 0.3) is 69.6 Å². The molecule has 44 heavy (non-hydrogen) atoms. The summed E-state index contributed by atoms with van der Waals surface area (Å²) in [6.07, 6.45) is 12.8. The van der Waals surface area contributed by atoms with E-state index in [-0.39, 0.29) is 6.04 Å². The number of para-hydroxylation sites is 1. The lowest BCUT2D eigenvalue weighted by molar-refractivity contribution is 0.720. The summed E-state index contributed by atoms with van der Waals surface area (Å²) in [6.45, 7) is 11.3. The summed E-state index contributed by atoms with van der Waals surface area (Å²) in [4.78, 5) is 0. The van der Waals surface area contributed by atoms with Crippen molar-refractivity contribution in [3.8, 4) is 11.1 Å². The molecule has 5 aromatic carbocycles. The van der Waals surface area contributed by atoms with Crippen molar-refractivity contribution in [3.63, 3.8) is 0 Å². The van der Waals surface area contributed by atoms with Crippen LogP contribution in [0.1, 0.15) is 12.0 Å². The van der Waals surface area contributed by atoms with Gasteiger partial charge in [-0.1, -0.05) is 129 Å². The van der Waals surface area contributed by atoms with Crippen molar-refractivity contribution in [1.29, 1.82) is 0 Å². The molecule has 0 amide bonds. The fourth-order valence-corrected chi connectivity index (χ4v) is 7.65. The maximum atomic E-state index is 6.83. The normalized spacial score (nSPS) is 14.2. The Hall–Kier alpha value is -5.32. The van der Waals surface area contributed by atoms with Gasteiger partial charge in [-0.15, -0.1) is 11.3 Å². The average Bonchev–Trinajstić information content (AvgIpc) is 3.59. The number of rotatable bonds is 5. The van der Waals surface area contributed by atoms with E-state index in [4.69, 9.17) is 5.84 Å². The molecule has 0 saturated carbocycles. The Balaban J connectivity index is 0.000000739. The Kier molecular flexibility index (Phi) is 7.13. The van der Waals surface area contributed by atoms with E-state index in [9.17, 15) is 0 Å². The minimum Gasteiger partial charge on any atom is -0.378 e. The smallest absolute Gasteiger partial charge is 0.0811 e. The zero-order chi connectivity index (χ0) is 30.2. The van der Waals surface area contributed by atoms with Crippen LogP contribution in [0.4, 0.5) is 0 Å². The third-order valence-corrected chi connectivity index (χ3v) is 9.60. The maximum Gasteiger partial charge on any atom is 0.0811 e. The molecule has 3 nitrogen and oxygen atoms in total. The summed E-state index contributed by atoms with van der Waals surface area (Å²) >= 11 is 1.84. The molecule has 4 heteroatoms. The van der Waals surface area contributed by atoms with Crippen molar-refractivity contribution >= 4 is 69.8 Å². The lowest BCUT2D eigenvalue weighted by atomic mass is 9.98. The first-order valence-electron chi connectivity index (χ1n) is 14.8. The summed E-state index contributed by atoms with van der Waals surface area (Å²) in [5.41, 5.74) is 6.49. The van der Waals surface area contributed by atoms with Crippen LogP contribution in [-0.4, -0.2) is 10.7 Å². The molecule has 1 aliphatic carbocycles. The number of benzene rings is 5. The van der Waals surface area contributed by atoms with Gasteiger partial charge in [0.2, 0.25) is 0 Å². The van der Waals surface area contributed by atoms with Crippen molar-refractivity contribution in [2.45, 2.75) is 12.5 Å². The molecule has 1 unspecified atom stereocenters. The van der Waals surface area contributed by atoms with Crippen molar-refractivity contribution in [1.82, 2.24) is 9.99 Å². The Morgan fingerprint density at radius 1 is 0.795 bits per heavy atom. The Morgan fingerprint density at radius 3 is 2.36 bits per heavy atom. The van der Waals surface area contributed by atoms with Crippen LogP contribution in [-0.2, 0) is 0 Å². The molecule has 0 radical (unpaired) electrons. The highest BCUT2D eigenvalue weighted by molar-refractivity contribution is 7.26. The molecule has 0 fully saturated rings. The third-order valence-electron chi connectivity index (χ3n) is 8.33. The molecule has 2 heterocycles. The minimum atomic E-state index is 0.195. The van der Waals surface area contributed by atoms with E-state index in [2.05, 4.69) is 134 Å². The van der Waals surface area contributed by atoms with Crippen molar-refractivity contribution in [2.24, 2.45) is 0 Å². The molecule has 3 N–H and O–H groups in total. The molecular weight excluding hydrogens is 555 g/mol. The quantitative estimate of drug-likeness (QED) is 0.155. The van der Waals surface area contributed by atoms with Gasteiger partial charge in [0.15, 0.2) is 0 Å². The van der Waals surface area contributed by atoms with Crippen LogP contribution in [0.3, 0.4) is 0 Å². The highest BCUT2D eigenvalue weighted by Crippen LogP contribution is 2.46. The van der Waals surface area contributed by atoms with Gasteiger partial charge in [-0.2, -0.15) is 0 Å². The summed E-state index contributed by atoms with van der Waals surface area (Å²) in [5, 5.41) is 11.0. The number of hydrogen-bond acceptors (Lipinski definition) is 3. The van der Waals surface area contributed by atoms with E-state index in [1.807, 2.05) is 22.1 Å². The maximum absolute atomic E-state index is 6.83. The monoisotopic (exact) mass is 587 g/mol. The zero-order valence-corrected chi connectivity index (χ0v) is 25.3. The van der Waals surface area contributed by atoms with Crippen molar-refractivity contribution in [3.05, 3.63) is 153 Å². The van der Waals surface area contributed by atoms with Gasteiger partial charge < -0.3 is 11.2 Å². The van der Waals surface area contributed by atoms with Crippen molar-refractivity contribution < 1.29 is 0 Å². The third kappa shape index (κ3) is 4.61. The fraction of sp³-hybridized carbons (Fsp3) is 0.0500. The largest absolute Gasteiger partial charge is 0.378 e. The average molecular weight is 588 g/mol. The number of nitrogens with zero attached hydrogens (tertiary/aromatic N) is 1. The van der Waals surface area contributed by atoms with Gasteiger partial charge in [0, 0.05) is 48.2 Å². The Labute approximate surface area is 261 Å². The molecule has 0 bridgehead atoms. The molecule has 2 aromatic heterocycles. The second-order valence-corrected chi connectivity index (χ2v) is 12.0. The molecular formula is C40H33N3S. The molecule has 0 saturated heterocycles. The first kappa shape index (κ1) is 27.5. The number of allylic oxidation sites excluding steroid dienone is 4. The van der Waals surface area contributed by atoms with E-state index in [1.54, 1.807) is 12.2 Å². The van der Waals surface area contributed by atoms with Crippen LogP contribution < -0.4 is 11.2 Å². The van der Waals surface area contributed by atoms with E-state index < -0.39 is 0 Å². The highest BCUT2D eigenvalue weighted by atomic mass is 32.1. The number of nitrogens with one attached hydrogen (secondary N) is 1. The van der Waals surface area contributed by atoms with Crippen LogP contribution in [0.5, 0.6) is 0 Å². The molecule has 214 valence electrons. The first-order chi connectivity index (χ1) is 21.6. The summed E-state index contributed by atoms with van der Waals surface area (Å²) in [7, 11) is 0.